The average Bonchev–Trinajstić information content (AvgIpc) is 2.61. The van der Waals surface area contributed by atoms with Gasteiger partial charge >= 0.3 is 0 Å². The normalized spacial score (nSPS) is 10.8. The summed E-state index contributed by atoms with van der Waals surface area (Å²) < 4.78 is 5.98. The molecule has 0 spiro atoms. The molecule has 4 aromatic rings. The van der Waals surface area contributed by atoms with E-state index in [-0.39, 0.29) is 0 Å². The number of ether oxygens (including phenoxy) is 1. The van der Waals surface area contributed by atoms with E-state index in [0.717, 1.165) is 16.5 Å². The number of hydrogen-bond donors (Lipinski definition) is 0. The Morgan fingerprint density at radius 1 is 0.680 bits per heavy atom. The van der Waals surface area contributed by atoms with E-state index in [9.17, 15) is 0 Å². The molecule has 0 bridgehead atoms. The first-order valence-electron chi connectivity index (χ1n) is 8.39. The number of fused-ring (bicyclic) bond motifs is 1. The minimum Gasteiger partial charge on any atom is -0.439 e. The Hall–Kier alpha value is -3.13. The van der Waals surface area contributed by atoms with Crippen LogP contribution >= 0.6 is 0 Å². The Bertz CT molecular complexity index is 1020. The van der Waals surface area contributed by atoms with Crippen molar-refractivity contribution in [1.29, 1.82) is 0 Å². The van der Waals surface area contributed by atoms with Crippen molar-refractivity contribution in [3.05, 3.63) is 90.1 Å². The summed E-state index contributed by atoms with van der Waals surface area (Å²) in [6.45, 7) is 4.14. The largest absolute Gasteiger partial charge is 0.439 e. The number of aromatic nitrogens is 1. The molecule has 25 heavy (non-hydrogen) atoms. The van der Waals surface area contributed by atoms with Gasteiger partial charge in [0.25, 0.3) is 0 Å². The standard InChI is InChI=1S/C23H19NO/c1-16-10-17(2)12-22(11-16)25-23-14-21-13-19(8-9-20(21)15-24-23)18-6-4-3-5-7-18/h3-15H,1-2H3. The predicted molar refractivity (Wildman–Crippen MR) is 103 cm³/mol. The van der Waals surface area contributed by atoms with E-state index in [1.54, 1.807) is 0 Å². The Labute approximate surface area is 147 Å². The molecule has 122 valence electrons. The van der Waals surface area contributed by atoms with E-state index < -0.39 is 0 Å². The molecule has 0 radical (unpaired) electrons. The summed E-state index contributed by atoms with van der Waals surface area (Å²) >= 11 is 0. The van der Waals surface area contributed by atoms with Gasteiger partial charge in [-0.2, -0.15) is 0 Å². The summed E-state index contributed by atoms with van der Waals surface area (Å²) in [5.41, 5.74) is 4.76. The maximum absolute atomic E-state index is 5.98. The third-order valence-corrected chi connectivity index (χ3v) is 4.22. The highest BCUT2D eigenvalue weighted by molar-refractivity contribution is 5.87. The first-order chi connectivity index (χ1) is 12.2. The maximum Gasteiger partial charge on any atom is 0.219 e. The van der Waals surface area contributed by atoms with Crippen molar-refractivity contribution in [1.82, 2.24) is 4.98 Å². The summed E-state index contributed by atoms with van der Waals surface area (Å²) in [5.74, 6) is 1.44. The summed E-state index contributed by atoms with van der Waals surface area (Å²) in [5, 5.41) is 2.23. The molecule has 1 aromatic heterocycles. The number of rotatable bonds is 3. The lowest BCUT2D eigenvalue weighted by atomic mass is 10.0. The molecule has 0 atom stereocenters. The molecule has 0 N–H and O–H groups in total. The molecule has 2 nitrogen and oxygen atoms in total. The second-order valence-corrected chi connectivity index (χ2v) is 6.38. The van der Waals surface area contributed by atoms with Gasteiger partial charge < -0.3 is 4.74 Å². The maximum atomic E-state index is 5.98. The minimum atomic E-state index is 0.614. The van der Waals surface area contributed by atoms with Crippen LogP contribution in [-0.4, -0.2) is 4.98 Å². The molecule has 0 saturated heterocycles. The van der Waals surface area contributed by atoms with Gasteiger partial charge in [-0.15, -0.1) is 0 Å². The van der Waals surface area contributed by atoms with Crippen LogP contribution in [0.5, 0.6) is 11.6 Å². The third kappa shape index (κ3) is 3.38. The van der Waals surface area contributed by atoms with E-state index >= 15 is 0 Å². The van der Waals surface area contributed by atoms with Crippen LogP contribution in [0.1, 0.15) is 11.1 Å². The zero-order valence-corrected chi connectivity index (χ0v) is 14.4. The fourth-order valence-electron chi connectivity index (χ4n) is 3.10. The summed E-state index contributed by atoms with van der Waals surface area (Å²) in [6, 6.07) is 25.0. The monoisotopic (exact) mass is 325 g/mol. The van der Waals surface area contributed by atoms with Crippen LogP contribution in [0, 0.1) is 13.8 Å². The van der Waals surface area contributed by atoms with Gasteiger partial charge in [-0.25, -0.2) is 4.98 Å². The van der Waals surface area contributed by atoms with Crippen molar-refractivity contribution in [2.75, 3.05) is 0 Å². The lowest BCUT2D eigenvalue weighted by Crippen LogP contribution is -1.90. The van der Waals surface area contributed by atoms with Crippen LogP contribution in [0.25, 0.3) is 21.9 Å². The molecule has 1 heterocycles. The van der Waals surface area contributed by atoms with Gasteiger partial charge in [0.15, 0.2) is 0 Å². The Morgan fingerprint density at radius 3 is 2.20 bits per heavy atom. The molecule has 2 heteroatoms. The van der Waals surface area contributed by atoms with Crippen molar-refractivity contribution >= 4 is 10.8 Å². The van der Waals surface area contributed by atoms with Gasteiger partial charge in [0.1, 0.15) is 5.75 Å². The first-order valence-corrected chi connectivity index (χ1v) is 8.39. The third-order valence-electron chi connectivity index (χ3n) is 4.22. The van der Waals surface area contributed by atoms with E-state index in [0.29, 0.717) is 5.88 Å². The Balaban J connectivity index is 1.71. The van der Waals surface area contributed by atoms with Crippen LogP contribution in [0.15, 0.2) is 79.0 Å². The zero-order valence-electron chi connectivity index (χ0n) is 14.4. The van der Waals surface area contributed by atoms with Crippen molar-refractivity contribution in [3.63, 3.8) is 0 Å². The van der Waals surface area contributed by atoms with Crippen molar-refractivity contribution < 1.29 is 4.74 Å². The fraction of sp³-hybridized carbons (Fsp3) is 0.0870. The SMILES string of the molecule is Cc1cc(C)cc(Oc2cc3cc(-c4ccccc4)ccc3cn2)c1. The summed E-state index contributed by atoms with van der Waals surface area (Å²) in [7, 11) is 0. The molecular formula is C23H19NO. The molecule has 0 aliphatic heterocycles. The molecule has 4 rings (SSSR count). The van der Waals surface area contributed by atoms with Crippen LogP contribution in [0.3, 0.4) is 0 Å². The van der Waals surface area contributed by atoms with Gasteiger partial charge in [-0.05, 0) is 59.7 Å². The van der Waals surface area contributed by atoms with E-state index in [2.05, 4.69) is 67.4 Å². The fourth-order valence-corrected chi connectivity index (χ4v) is 3.10. The molecule has 3 aromatic carbocycles. The van der Waals surface area contributed by atoms with E-state index in [1.165, 1.54) is 22.3 Å². The highest BCUT2D eigenvalue weighted by atomic mass is 16.5. The van der Waals surface area contributed by atoms with Gasteiger partial charge in [0.05, 0.1) is 0 Å². The van der Waals surface area contributed by atoms with E-state index in [4.69, 9.17) is 4.74 Å². The first kappa shape index (κ1) is 15.4. The van der Waals surface area contributed by atoms with Crippen LogP contribution < -0.4 is 4.74 Å². The van der Waals surface area contributed by atoms with Crippen LogP contribution in [0.4, 0.5) is 0 Å². The number of nitrogens with zero attached hydrogens (tertiary/aromatic N) is 1. The van der Waals surface area contributed by atoms with Gasteiger partial charge in [0, 0.05) is 17.6 Å². The van der Waals surface area contributed by atoms with Crippen molar-refractivity contribution in [3.8, 4) is 22.8 Å². The second-order valence-electron chi connectivity index (χ2n) is 6.38. The smallest absolute Gasteiger partial charge is 0.219 e. The zero-order chi connectivity index (χ0) is 17.2. The van der Waals surface area contributed by atoms with Gasteiger partial charge in [0.2, 0.25) is 5.88 Å². The Kier molecular flexibility index (Phi) is 3.95. The highest BCUT2D eigenvalue weighted by Gasteiger charge is 2.04. The molecule has 0 fully saturated rings. The van der Waals surface area contributed by atoms with Crippen LogP contribution in [-0.2, 0) is 0 Å². The number of benzene rings is 3. The predicted octanol–water partition coefficient (Wildman–Crippen LogP) is 6.31. The quantitative estimate of drug-likeness (QED) is 0.440. The summed E-state index contributed by atoms with van der Waals surface area (Å²) in [6.07, 6.45) is 1.86. The topological polar surface area (TPSA) is 22.1 Å². The van der Waals surface area contributed by atoms with Crippen molar-refractivity contribution in [2.24, 2.45) is 0 Å². The van der Waals surface area contributed by atoms with Crippen LogP contribution in [0.2, 0.25) is 0 Å². The molecule has 0 unspecified atom stereocenters. The van der Waals surface area contributed by atoms with E-state index in [1.807, 2.05) is 30.5 Å². The molecule has 0 aliphatic rings. The molecular weight excluding hydrogens is 306 g/mol. The molecule has 0 aliphatic carbocycles. The van der Waals surface area contributed by atoms with Gasteiger partial charge in [-0.3, -0.25) is 0 Å². The summed E-state index contributed by atoms with van der Waals surface area (Å²) in [4.78, 5) is 4.44. The average molecular weight is 325 g/mol. The molecule has 0 saturated carbocycles. The lowest BCUT2D eigenvalue weighted by molar-refractivity contribution is 0.463. The van der Waals surface area contributed by atoms with Gasteiger partial charge in [-0.1, -0.05) is 48.5 Å². The second kappa shape index (κ2) is 6.40. The minimum absolute atomic E-state index is 0.614. The van der Waals surface area contributed by atoms with Crippen molar-refractivity contribution in [2.45, 2.75) is 13.8 Å². The highest BCUT2D eigenvalue weighted by Crippen LogP contribution is 2.28. The number of pyridine rings is 1. The Morgan fingerprint density at radius 2 is 1.44 bits per heavy atom. The lowest BCUT2D eigenvalue weighted by Gasteiger charge is -2.09. The number of hydrogen-bond acceptors (Lipinski definition) is 2. The number of aryl methyl sites for hydroxylation is 2. The molecule has 0 amide bonds.